The van der Waals surface area contributed by atoms with Gasteiger partial charge in [0.05, 0.1) is 11.7 Å². The van der Waals surface area contributed by atoms with E-state index in [0.29, 0.717) is 16.7 Å². The summed E-state index contributed by atoms with van der Waals surface area (Å²) >= 11 is 1.48. The Hall–Kier alpha value is -1.72. The summed E-state index contributed by atoms with van der Waals surface area (Å²) in [5.74, 6) is -0.106. The van der Waals surface area contributed by atoms with Gasteiger partial charge in [-0.3, -0.25) is 10.1 Å². The lowest BCUT2D eigenvalue weighted by Crippen LogP contribution is -2.14. The third-order valence-electron chi connectivity index (χ3n) is 3.47. The highest BCUT2D eigenvalue weighted by Crippen LogP contribution is 2.26. The quantitative estimate of drug-likeness (QED) is 0.912. The van der Waals surface area contributed by atoms with Crippen LogP contribution in [-0.4, -0.2) is 17.4 Å². The molecule has 0 bridgehead atoms. The molecule has 1 unspecified atom stereocenters. The Morgan fingerprint density at radius 1 is 1.40 bits per heavy atom. The van der Waals surface area contributed by atoms with Crippen molar-refractivity contribution in [3.8, 4) is 0 Å². The van der Waals surface area contributed by atoms with Crippen LogP contribution in [0.1, 0.15) is 40.5 Å². The minimum absolute atomic E-state index is 0.106. The summed E-state index contributed by atoms with van der Waals surface area (Å²) in [6.07, 6.45) is 2.31. The second kappa shape index (κ2) is 5.73. The van der Waals surface area contributed by atoms with Gasteiger partial charge in [0.1, 0.15) is 0 Å². The van der Waals surface area contributed by atoms with E-state index in [1.807, 2.05) is 36.6 Å². The summed E-state index contributed by atoms with van der Waals surface area (Å²) in [7, 11) is 0. The number of carbonyl (C=O) groups is 1. The number of nitrogens with one attached hydrogen (secondary N) is 2. The first-order valence-electron chi connectivity index (χ1n) is 6.79. The van der Waals surface area contributed by atoms with Gasteiger partial charge in [0.2, 0.25) is 0 Å². The maximum absolute atomic E-state index is 12.1. The second-order valence-corrected chi connectivity index (χ2v) is 5.90. The maximum atomic E-state index is 12.1. The van der Waals surface area contributed by atoms with Gasteiger partial charge in [-0.05, 0) is 38.4 Å². The van der Waals surface area contributed by atoms with E-state index < -0.39 is 0 Å². The fraction of sp³-hybridized carbons (Fsp3) is 0.333. The molecule has 1 aliphatic heterocycles. The molecule has 0 radical (unpaired) electrons. The smallest absolute Gasteiger partial charge is 0.257 e. The van der Waals surface area contributed by atoms with Crippen LogP contribution in [0.15, 0.2) is 29.6 Å². The normalized spacial score (nSPS) is 18.1. The number of aromatic nitrogens is 1. The average molecular weight is 287 g/mol. The number of anilines is 1. The predicted octanol–water partition coefficient (Wildman–Crippen LogP) is 3.13. The van der Waals surface area contributed by atoms with Gasteiger partial charge in [0.25, 0.3) is 5.91 Å². The number of hydrogen-bond donors (Lipinski definition) is 2. The van der Waals surface area contributed by atoms with Crippen molar-refractivity contribution in [1.29, 1.82) is 0 Å². The fourth-order valence-corrected chi connectivity index (χ4v) is 3.07. The van der Waals surface area contributed by atoms with Crippen molar-refractivity contribution >= 4 is 22.4 Å². The van der Waals surface area contributed by atoms with Crippen LogP contribution in [0.5, 0.6) is 0 Å². The molecule has 2 heterocycles. The highest BCUT2D eigenvalue weighted by Gasteiger charge is 2.19. The highest BCUT2D eigenvalue weighted by molar-refractivity contribution is 7.14. The van der Waals surface area contributed by atoms with Gasteiger partial charge in [-0.1, -0.05) is 17.7 Å². The third-order valence-corrected chi connectivity index (χ3v) is 4.25. The van der Waals surface area contributed by atoms with Crippen molar-refractivity contribution in [1.82, 2.24) is 10.3 Å². The molecule has 2 aromatic rings. The molecule has 1 amide bonds. The van der Waals surface area contributed by atoms with Gasteiger partial charge in [0.15, 0.2) is 5.13 Å². The molecule has 1 aliphatic rings. The van der Waals surface area contributed by atoms with Gasteiger partial charge in [-0.15, -0.1) is 11.3 Å². The molecule has 0 spiro atoms. The standard InChI is InChI=1S/C15H17N3OS/c1-10-4-6-11(7-5-10)14(19)18-15-17-13(9-20-15)12-3-2-8-16-12/h4-7,9,12,16H,2-3,8H2,1H3,(H,17,18,19). The van der Waals surface area contributed by atoms with Crippen molar-refractivity contribution in [2.45, 2.75) is 25.8 Å². The molecule has 0 saturated carbocycles. The van der Waals surface area contributed by atoms with Crippen LogP contribution in [-0.2, 0) is 0 Å². The van der Waals surface area contributed by atoms with Gasteiger partial charge >= 0.3 is 0 Å². The molecule has 1 saturated heterocycles. The Kier molecular flexibility index (Phi) is 3.80. The molecule has 104 valence electrons. The van der Waals surface area contributed by atoms with Crippen LogP contribution in [0.2, 0.25) is 0 Å². The maximum Gasteiger partial charge on any atom is 0.257 e. The van der Waals surface area contributed by atoms with Gasteiger partial charge in [-0.2, -0.15) is 0 Å². The van der Waals surface area contributed by atoms with Crippen molar-refractivity contribution in [2.24, 2.45) is 0 Å². The Bertz CT molecular complexity index is 600. The molecule has 0 aliphatic carbocycles. The molecule has 4 nitrogen and oxygen atoms in total. The number of hydrogen-bond acceptors (Lipinski definition) is 4. The lowest BCUT2D eigenvalue weighted by molar-refractivity contribution is 0.102. The van der Waals surface area contributed by atoms with E-state index in [1.165, 1.54) is 17.8 Å². The lowest BCUT2D eigenvalue weighted by Gasteiger charge is -2.05. The number of rotatable bonds is 3. The molecule has 20 heavy (non-hydrogen) atoms. The van der Waals surface area contributed by atoms with E-state index >= 15 is 0 Å². The summed E-state index contributed by atoms with van der Waals surface area (Å²) in [6, 6.07) is 7.88. The Balaban J connectivity index is 1.68. The lowest BCUT2D eigenvalue weighted by atomic mass is 10.1. The molecule has 1 atom stereocenters. The first-order valence-corrected chi connectivity index (χ1v) is 7.67. The number of nitrogens with zero attached hydrogens (tertiary/aromatic N) is 1. The number of benzene rings is 1. The molecular formula is C15H17N3OS. The first-order chi connectivity index (χ1) is 9.72. The first kappa shape index (κ1) is 13.3. The summed E-state index contributed by atoms with van der Waals surface area (Å²) in [6.45, 7) is 3.05. The van der Waals surface area contributed by atoms with E-state index in [2.05, 4.69) is 15.6 Å². The highest BCUT2D eigenvalue weighted by atomic mass is 32.1. The van der Waals surface area contributed by atoms with Crippen molar-refractivity contribution in [2.75, 3.05) is 11.9 Å². The summed E-state index contributed by atoms with van der Waals surface area (Å²) < 4.78 is 0. The van der Waals surface area contributed by atoms with Crippen LogP contribution in [0.25, 0.3) is 0 Å². The molecule has 1 fully saturated rings. The van der Waals surface area contributed by atoms with Crippen molar-refractivity contribution < 1.29 is 4.79 Å². The number of thiazole rings is 1. The average Bonchev–Trinajstić information content (AvgIpc) is 3.09. The topological polar surface area (TPSA) is 54.0 Å². The van der Waals surface area contributed by atoms with Crippen LogP contribution >= 0.6 is 11.3 Å². The van der Waals surface area contributed by atoms with Crippen LogP contribution in [0, 0.1) is 6.92 Å². The minimum Gasteiger partial charge on any atom is -0.309 e. The summed E-state index contributed by atoms with van der Waals surface area (Å²) in [5.41, 5.74) is 2.84. The van der Waals surface area contributed by atoms with E-state index in [-0.39, 0.29) is 5.91 Å². The zero-order chi connectivity index (χ0) is 13.9. The zero-order valence-electron chi connectivity index (χ0n) is 11.3. The SMILES string of the molecule is Cc1ccc(C(=O)Nc2nc(C3CCCN3)cs2)cc1. The monoisotopic (exact) mass is 287 g/mol. The van der Waals surface area contributed by atoms with Crippen LogP contribution < -0.4 is 10.6 Å². The predicted molar refractivity (Wildman–Crippen MR) is 81.2 cm³/mol. The molecule has 1 aromatic heterocycles. The van der Waals surface area contributed by atoms with Gasteiger partial charge < -0.3 is 5.32 Å². The summed E-state index contributed by atoms with van der Waals surface area (Å²) in [4.78, 5) is 16.6. The number of amides is 1. The van der Waals surface area contributed by atoms with Crippen molar-refractivity contribution in [3.63, 3.8) is 0 Å². The van der Waals surface area contributed by atoms with Gasteiger partial charge in [-0.25, -0.2) is 4.98 Å². The second-order valence-electron chi connectivity index (χ2n) is 5.05. The van der Waals surface area contributed by atoms with Crippen LogP contribution in [0.3, 0.4) is 0 Å². The molecule has 3 rings (SSSR count). The minimum atomic E-state index is -0.106. The Morgan fingerprint density at radius 3 is 2.90 bits per heavy atom. The Labute approximate surface area is 122 Å². The van der Waals surface area contributed by atoms with E-state index in [9.17, 15) is 4.79 Å². The Morgan fingerprint density at radius 2 is 2.20 bits per heavy atom. The number of aryl methyl sites for hydroxylation is 1. The molecule has 5 heteroatoms. The molecular weight excluding hydrogens is 270 g/mol. The number of carbonyl (C=O) groups excluding carboxylic acids is 1. The summed E-state index contributed by atoms with van der Waals surface area (Å²) in [5, 5.41) is 8.96. The third kappa shape index (κ3) is 2.89. The van der Waals surface area contributed by atoms with Gasteiger partial charge in [0, 0.05) is 10.9 Å². The van der Waals surface area contributed by atoms with Crippen LogP contribution in [0.4, 0.5) is 5.13 Å². The van der Waals surface area contributed by atoms with E-state index in [1.54, 1.807) is 0 Å². The largest absolute Gasteiger partial charge is 0.309 e. The van der Waals surface area contributed by atoms with Crippen molar-refractivity contribution in [3.05, 3.63) is 46.5 Å². The fourth-order valence-electron chi connectivity index (χ4n) is 2.31. The van der Waals surface area contributed by atoms with E-state index in [4.69, 9.17) is 0 Å². The zero-order valence-corrected chi connectivity index (χ0v) is 12.2. The van der Waals surface area contributed by atoms with E-state index in [0.717, 1.165) is 24.2 Å². The molecule has 1 aromatic carbocycles. The molecule has 2 N–H and O–H groups in total.